The molecule has 0 amide bonds. The molecule has 0 atom stereocenters. The Bertz CT molecular complexity index is 318. The van der Waals surface area contributed by atoms with Gasteiger partial charge >= 0.3 is 0 Å². The summed E-state index contributed by atoms with van der Waals surface area (Å²) >= 11 is 0. The van der Waals surface area contributed by atoms with E-state index in [0.717, 1.165) is 37.6 Å². The first-order chi connectivity index (χ1) is 7.75. The Balaban J connectivity index is 1.93. The minimum atomic E-state index is 0.528. The summed E-state index contributed by atoms with van der Waals surface area (Å²) < 4.78 is 5.33. The van der Waals surface area contributed by atoms with Crippen LogP contribution in [0, 0.1) is 0 Å². The summed E-state index contributed by atoms with van der Waals surface area (Å²) in [5.74, 6) is 0.984. The van der Waals surface area contributed by atoms with Crippen LogP contribution in [0.15, 0.2) is 18.3 Å². The van der Waals surface area contributed by atoms with Crippen molar-refractivity contribution in [1.29, 1.82) is 0 Å². The fourth-order valence-corrected chi connectivity index (χ4v) is 1.81. The number of rotatable bonds is 3. The van der Waals surface area contributed by atoms with Gasteiger partial charge in [-0.1, -0.05) is 0 Å². The molecule has 0 radical (unpaired) electrons. The summed E-state index contributed by atoms with van der Waals surface area (Å²) in [5, 5.41) is 3.49. The predicted molar refractivity (Wildman–Crippen MR) is 66.0 cm³/mol. The highest BCUT2D eigenvalue weighted by Crippen LogP contribution is 2.16. The number of anilines is 2. The van der Waals surface area contributed by atoms with Gasteiger partial charge in [-0.3, -0.25) is 0 Å². The maximum atomic E-state index is 5.33. The maximum Gasteiger partial charge on any atom is 0.128 e. The molecule has 0 bridgehead atoms. The molecule has 0 aromatic carbocycles. The molecule has 16 heavy (non-hydrogen) atoms. The zero-order valence-electron chi connectivity index (χ0n) is 9.94. The molecule has 0 unspecified atom stereocenters. The van der Waals surface area contributed by atoms with Crippen LogP contribution in [0.3, 0.4) is 0 Å². The van der Waals surface area contributed by atoms with Gasteiger partial charge < -0.3 is 15.0 Å². The van der Waals surface area contributed by atoms with Crippen molar-refractivity contribution in [2.24, 2.45) is 0 Å². The largest absolute Gasteiger partial charge is 0.381 e. The zero-order chi connectivity index (χ0) is 11.4. The molecule has 1 saturated heterocycles. The third-order valence-corrected chi connectivity index (χ3v) is 2.80. The van der Waals surface area contributed by atoms with Gasteiger partial charge in [0.1, 0.15) is 5.82 Å². The molecule has 1 aromatic rings. The van der Waals surface area contributed by atoms with Crippen molar-refractivity contribution in [3.8, 4) is 0 Å². The van der Waals surface area contributed by atoms with Crippen molar-refractivity contribution < 1.29 is 4.74 Å². The molecular formula is C12H19N3O. The van der Waals surface area contributed by atoms with E-state index in [1.54, 1.807) is 0 Å². The molecule has 88 valence electrons. The van der Waals surface area contributed by atoms with E-state index in [2.05, 4.69) is 16.4 Å². The van der Waals surface area contributed by atoms with E-state index >= 15 is 0 Å². The quantitative estimate of drug-likeness (QED) is 0.843. The Labute approximate surface area is 96.6 Å². The van der Waals surface area contributed by atoms with Crippen LogP contribution < -0.4 is 10.2 Å². The second kappa shape index (κ2) is 5.16. The lowest BCUT2D eigenvalue weighted by atomic mass is 10.1. The first-order valence-electron chi connectivity index (χ1n) is 5.73. The first kappa shape index (κ1) is 11.2. The highest BCUT2D eigenvalue weighted by atomic mass is 16.5. The first-order valence-corrected chi connectivity index (χ1v) is 5.73. The molecule has 4 nitrogen and oxygen atoms in total. The SMILES string of the molecule is CN(C)c1ccc(NC2CCOCC2)cn1. The number of pyridine rings is 1. The Morgan fingerprint density at radius 1 is 1.31 bits per heavy atom. The Kier molecular flexibility index (Phi) is 3.62. The van der Waals surface area contributed by atoms with E-state index < -0.39 is 0 Å². The van der Waals surface area contributed by atoms with E-state index in [4.69, 9.17) is 4.74 Å². The highest BCUT2D eigenvalue weighted by molar-refractivity contribution is 5.48. The lowest BCUT2D eigenvalue weighted by Crippen LogP contribution is -2.27. The van der Waals surface area contributed by atoms with Crippen LogP contribution in [0.4, 0.5) is 11.5 Å². The number of ether oxygens (including phenoxy) is 1. The molecular weight excluding hydrogens is 202 g/mol. The van der Waals surface area contributed by atoms with E-state index in [1.165, 1.54) is 0 Å². The molecule has 4 heteroatoms. The van der Waals surface area contributed by atoms with Crippen LogP contribution in [-0.4, -0.2) is 38.3 Å². The summed E-state index contributed by atoms with van der Waals surface area (Å²) in [6.07, 6.45) is 4.05. The van der Waals surface area contributed by atoms with Gasteiger partial charge in [-0.15, -0.1) is 0 Å². The number of hydrogen-bond donors (Lipinski definition) is 1. The lowest BCUT2D eigenvalue weighted by molar-refractivity contribution is 0.0904. The molecule has 2 heterocycles. The van der Waals surface area contributed by atoms with Crippen LogP contribution in [0.5, 0.6) is 0 Å². The van der Waals surface area contributed by atoms with Crippen LogP contribution in [0.1, 0.15) is 12.8 Å². The molecule has 1 aliphatic heterocycles. The number of nitrogens with zero attached hydrogens (tertiary/aromatic N) is 2. The molecule has 1 aliphatic rings. The van der Waals surface area contributed by atoms with Gasteiger partial charge in [0.05, 0.1) is 11.9 Å². The highest BCUT2D eigenvalue weighted by Gasteiger charge is 2.13. The minimum Gasteiger partial charge on any atom is -0.381 e. The Morgan fingerprint density at radius 2 is 2.06 bits per heavy atom. The summed E-state index contributed by atoms with van der Waals surface area (Å²) in [6.45, 7) is 1.72. The fraction of sp³-hybridized carbons (Fsp3) is 0.583. The van der Waals surface area contributed by atoms with Crippen molar-refractivity contribution in [3.63, 3.8) is 0 Å². The molecule has 1 N–H and O–H groups in total. The van der Waals surface area contributed by atoms with Gasteiger partial charge in [-0.25, -0.2) is 4.98 Å². The average molecular weight is 221 g/mol. The molecule has 2 rings (SSSR count). The number of aromatic nitrogens is 1. The van der Waals surface area contributed by atoms with Gasteiger partial charge in [0.2, 0.25) is 0 Å². The molecule has 0 saturated carbocycles. The Morgan fingerprint density at radius 3 is 2.62 bits per heavy atom. The van der Waals surface area contributed by atoms with Crippen LogP contribution in [0.2, 0.25) is 0 Å². The minimum absolute atomic E-state index is 0.528. The zero-order valence-corrected chi connectivity index (χ0v) is 9.94. The number of nitrogens with one attached hydrogen (secondary N) is 1. The van der Waals surface area contributed by atoms with Gasteiger partial charge in [-0.2, -0.15) is 0 Å². The van der Waals surface area contributed by atoms with E-state index in [9.17, 15) is 0 Å². The van der Waals surface area contributed by atoms with Gasteiger partial charge in [0.25, 0.3) is 0 Å². The third kappa shape index (κ3) is 2.85. The monoisotopic (exact) mass is 221 g/mol. The van der Waals surface area contributed by atoms with E-state index in [-0.39, 0.29) is 0 Å². The van der Waals surface area contributed by atoms with Crippen LogP contribution in [0.25, 0.3) is 0 Å². The summed E-state index contributed by atoms with van der Waals surface area (Å²) in [4.78, 5) is 6.37. The van der Waals surface area contributed by atoms with Crippen LogP contribution >= 0.6 is 0 Å². The van der Waals surface area contributed by atoms with Crippen LogP contribution in [-0.2, 0) is 4.74 Å². The standard InChI is InChI=1S/C12H19N3O/c1-15(2)12-4-3-11(9-13-12)14-10-5-7-16-8-6-10/h3-4,9-10,14H,5-8H2,1-2H3. The summed E-state index contributed by atoms with van der Waals surface area (Å²) in [6, 6.07) is 4.64. The summed E-state index contributed by atoms with van der Waals surface area (Å²) in [5.41, 5.74) is 1.09. The number of hydrogen-bond acceptors (Lipinski definition) is 4. The van der Waals surface area contributed by atoms with Crippen molar-refractivity contribution in [2.45, 2.75) is 18.9 Å². The Hall–Kier alpha value is -1.29. The average Bonchev–Trinajstić information content (AvgIpc) is 2.31. The third-order valence-electron chi connectivity index (χ3n) is 2.80. The molecule has 0 spiro atoms. The van der Waals surface area contributed by atoms with Crippen molar-refractivity contribution >= 4 is 11.5 Å². The topological polar surface area (TPSA) is 37.4 Å². The molecule has 1 aromatic heterocycles. The molecule has 1 fully saturated rings. The van der Waals surface area contributed by atoms with E-state index in [0.29, 0.717) is 6.04 Å². The van der Waals surface area contributed by atoms with Gasteiger partial charge in [-0.05, 0) is 25.0 Å². The smallest absolute Gasteiger partial charge is 0.128 e. The second-order valence-corrected chi connectivity index (χ2v) is 4.33. The summed E-state index contributed by atoms with van der Waals surface area (Å²) in [7, 11) is 3.99. The van der Waals surface area contributed by atoms with Crippen molar-refractivity contribution in [3.05, 3.63) is 18.3 Å². The molecule has 0 aliphatic carbocycles. The van der Waals surface area contributed by atoms with Crippen molar-refractivity contribution in [2.75, 3.05) is 37.5 Å². The van der Waals surface area contributed by atoms with Gasteiger partial charge in [0, 0.05) is 33.4 Å². The predicted octanol–water partition coefficient (Wildman–Crippen LogP) is 1.74. The maximum absolute atomic E-state index is 5.33. The fourth-order valence-electron chi connectivity index (χ4n) is 1.81. The second-order valence-electron chi connectivity index (χ2n) is 4.33. The lowest BCUT2D eigenvalue weighted by Gasteiger charge is -2.24. The van der Waals surface area contributed by atoms with Gasteiger partial charge in [0.15, 0.2) is 0 Å². The normalized spacial score (nSPS) is 17.1. The van der Waals surface area contributed by atoms with Crippen molar-refractivity contribution in [1.82, 2.24) is 4.98 Å². The van der Waals surface area contributed by atoms with E-state index in [1.807, 2.05) is 31.3 Å².